The number of halogens is 1. The minimum Gasteiger partial charge on any atom is -0.318 e. The van der Waals surface area contributed by atoms with Gasteiger partial charge < -0.3 is 5.32 Å². The van der Waals surface area contributed by atoms with Crippen molar-refractivity contribution in [3.63, 3.8) is 0 Å². The van der Waals surface area contributed by atoms with E-state index in [9.17, 15) is 9.59 Å². The molecule has 2 rings (SSSR count). The van der Waals surface area contributed by atoms with Gasteiger partial charge >= 0.3 is 11.8 Å². The zero-order valence-electron chi connectivity index (χ0n) is 12.0. The van der Waals surface area contributed by atoms with E-state index in [-0.39, 0.29) is 0 Å². The second-order valence-electron chi connectivity index (χ2n) is 4.39. The molecule has 2 aromatic rings. The van der Waals surface area contributed by atoms with Crippen molar-refractivity contribution in [1.29, 1.82) is 5.26 Å². The molecule has 0 saturated carbocycles. The van der Waals surface area contributed by atoms with Crippen LogP contribution < -0.4 is 10.7 Å². The molecule has 6 nitrogen and oxygen atoms in total. The van der Waals surface area contributed by atoms with E-state index in [1.54, 1.807) is 19.1 Å². The number of nitrogens with one attached hydrogen (secondary N) is 2. The highest BCUT2D eigenvalue weighted by molar-refractivity contribution is 7.18. The molecule has 0 unspecified atom stereocenters. The van der Waals surface area contributed by atoms with Crippen LogP contribution >= 0.6 is 22.9 Å². The second kappa shape index (κ2) is 7.54. The lowest BCUT2D eigenvalue weighted by Gasteiger charge is -2.04. The Morgan fingerprint density at radius 2 is 1.87 bits per heavy atom. The number of carbonyl (C=O) groups excluding carboxylic acids is 2. The average molecular weight is 347 g/mol. The minimum atomic E-state index is -0.892. The lowest BCUT2D eigenvalue weighted by molar-refractivity contribution is -0.136. The van der Waals surface area contributed by atoms with E-state index >= 15 is 0 Å². The third kappa shape index (κ3) is 4.64. The van der Waals surface area contributed by atoms with Gasteiger partial charge in [0.1, 0.15) is 0 Å². The maximum atomic E-state index is 11.7. The number of carbonyl (C=O) groups is 2. The summed E-state index contributed by atoms with van der Waals surface area (Å²) in [6.45, 7) is 1.70. The van der Waals surface area contributed by atoms with Crippen LogP contribution in [0.3, 0.4) is 0 Å². The quantitative estimate of drug-likeness (QED) is 0.508. The molecule has 0 aliphatic carbocycles. The normalized spacial score (nSPS) is 10.7. The highest BCUT2D eigenvalue weighted by atomic mass is 35.5. The number of benzene rings is 1. The van der Waals surface area contributed by atoms with Crippen LogP contribution in [-0.4, -0.2) is 17.5 Å². The smallest absolute Gasteiger partial charge is 0.318 e. The van der Waals surface area contributed by atoms with Gasteiger partial charge in [0, 0.05) is 5.69 Å². The second-order valence-corrected chi connectivity index (χ2v) is 6.10. The molecule has 1 aromatic carbocycles. The van der Waals surface area contributed by atoms with Crippen LogP contribution in [-0.2, 0) is 9.59 Å². The molecule has 8 heteroatoms. The van der Waals surface area contributed by atoms with Gasteiger partial charge in [-0.3, -0.25) is 9.59 Å². The third-order valence-corrected chi connectivity index (χ3v) is 4.07. The summed E-state index contributed by atoms with van der Waals surface area (Å²) < 4.78 is 0.611. The van der Waals surface area contributed by atoms with Crippen LogP contribution in [0.25, 0.3) is 0 Å². The molecule has 1 aromatic heterocycles. The maximum absolute atomic E-state index is 11.7. The summed E-state index contributed by atoms with van der Waals surface area (Å²) >= 11 is 7.14. The Bertz CT molecular complexity index is 806. The first-order valence-corrected chi connectivity index (χ1v) is 7.60. The molecule has 0 fully saturated rings. The van der Waals surface area contributed by atoms with Crippen molar-refractivity contribution in [3.05, 3.63) is 51.2 Å². The fourth-order valence-corrected chi connectivity index (χ4v) is 2.55. The molecule has 116 valence electrons. The standard InChI is InChI=1S/C15H11ClN4O2S/c1-9(12-6-7-13(16)23-12)19-20-15(22)14(21)18-11-4-2-10(8-17)3-5-11/h2-7H,1H3,(H,18,21)(H,20,22)/b19-9-. The van der Waals surface area contributed by atoms with E-state index in [2.05, 4.69) is 15.8 Å². The zero-order valence-corrected chi connectivity index (χ0v) is 13.5. The van der Waals surface area contributed by atoms with Crippen molar-refractivity contribution in [2.45, 2.75) is 6.92 Å². The molecule has 1 heterocycles. The first-order valence-electron chi connectivity index (χ1n) is 6.41. The van der Waals surface area contributed by atoms with E-state index in [4.69, 9.17) is 16.9 Å². The summed E-state index contributed by atoms with van der Waals surface area (Å²) in [6, 6.07) is 11.6. The van der Waals surface area contributed by atoms with Gasteiger partial charge in [0.15, 0.2) is 0 Å². The van der Waals surface area contributed by atoms with E-state index in [0.29, 0.717) is 21.3 Å². The summed E-state index contributed by atoms with van der Waals surface area (Å²) in [5, 5.41) is 15.0. The van der Waals surface area contributed by atoms with Crippen molar-refractivity contribution in [1.82, 2.24) is 5.43 Å². The van der Waals surface area contributed by atoms with Crippen LogP contribution in [0.2, 0.25) is 4.34 Å². The Kier molecular flexibility index (Phi) is 5.46. The monoisotopic (exact) mass is 346 g/mol. The third-order valence-electron chi connectivity index (χ3n) is 2.73. The SMILES string of the molecule is C/C(=N/NC(=O)C(=O)Nc1ccc(C#N)cc1)c1ccc(Cl)s1. The molecule has 2 N–H and O–H groups in total. The van der Waals surface area contributed by atoms with Crippen molar-refractivity contribution in [2.24, 2.45) is 5.10 Å². The number of thiophene rings is 1. The Balaban J connectivity index is 1.94. The Hall–Kier alpha value is -2.69. The molecule has 2 amide bonds. The van der Waals surface area contributed by atoms with Gasteiger partial charge in [0.25, 0.3) is 0 Å². The van der Waals surface area contributed by atoms with Crippen molar-refractivity contribution in [2.75, 3.05) is 5.32 Å². The number of hydrogen-bond donors (Lipinski definition) is 2. The van der Waals surface area contributed by atoms with Gasteiger partial charge in [-0.2, -0.15) is 10.4 Å². The molecule has 23 heavy (non-hydrogen) atoms. The highest BCUT2D eigenvalue weighted by Gasteiger charge is 2.13. The van der Waals surface area contributed by atoms with Crippen LogP contribution in [0.15, 0.2) is 41.5 Å². The number of rotatable bonds is 3. The summed E-state index contributed by atoms with van der Waals surface area (Å²) in [4.78, 5) is 24.2. The Labute approximate surface area is 141 Å². The topological polar surface area (TPSA) is 94.3 Å². The van der Waals surface area contributed by atoms with E-state index < -0.39 is 11.8 Å². The summed E-state index contributed by atoms with van der Waals surface area (Å²) in [6.07, 6.45) is 0. The van der Waals surface area contributed by atoms with Crippen molar-refractivity contribution in [3.8, 4) is 6.07 Å². The predicted molar refractivity (Wildman–Crippen MR) is 89.5 cm³/mol. The molecule has 0 spiro atoms. The molecular formula is C15H11ClN4O2S. The largest absolute Gasteiger partial charge is 0.329 e. The fourth-order valence-electron chi connectivity index (χ4n) is 1.57. The minimum absolute atomic E-state index is 0.412. The molecule has 0 aliphatic heterocycles. The van der Waals surface area contributed by atoms with Gasteiger partial charge in [-0.1, -0.05) is 11.6 Å². The van der Waals surface area contributed by atoms with Crippen LogP contribution in [0.1, 0.15) is 17.4 Å². The lowest BCUT2D eigenvalue weighted by atomic mass is 10.2. The molecule has 0 saturated heterocycles. The first kappa shape index (κ1) is 16.7. The summed E-state index contributed by atoms with van der Waals surface area (Å²) in [7, 11) is 0. The molecule has 0 atom stereocenters. The Morgan fingerprint density at radius 3 is 2.43 bits per heavy atom. The zero-order chi connectivity index (χ0) is 16.8. The van der Waals surface area contributed by atoms with Crippen molar-refractivity contribution < 1.29 is 9.59 Å². The van der Waals surface area contributed by atoms with E-state index in [1.807, 2.05) is 6.07 Å². The summed E-state index contributed by atoms with van der Waals surface area (Å²) in [5.74, 6) is -1.74. The van der Waals surface area contributed by atoms with Crippen LogP contribution in [0, 0.1) is 11.3 Å². The van der Waals surface area contributed by atoms with E-state index in [0.717, 1.165) is 4.88 Å². The number of nitrogens with zero attached hydrogens (tertiary/aromatic N) is 2. The Morgan fingerprint density at radius 1 is 1.17 bits per heavy atom. The molecular weight excluding hydrogens is 336 g/mol. The van der Waals surface area contributed by atoms with Gasteiger partial charge in [-0.05, 0) is 43.3 Å². The van der Waals surface area contributed by atoms with Crippen LogP contribution in [0.4, 0.5) is 5.69 Å². The predicted octanol–water partition coefficient (Wildman–Crippen LogP) is 2.75. The summed E-state index contributed by atoms with van der Waals surface area (Å²) in [5.41, 5.74) is 3.60. The first-order chi connectivity index (χ1) is 11.0. The van der Waals surface area contributed by atoms with Gasteiger partial charge in [-0.25, -0.2) is 5.43 Å². The van der Waals surface area contributed by atoms with Crippen molar-refractivity contribution >= 4 is 46.2 Å². The highest BCUT2D eigenvalue weighted by Crippen LogP contribution is 2.21. The number of nitriles is 1. The van der Waals surface area contributed by atoms with Gasteiger partial charge in [0.2, 0.25) is 0 Å². The van der Waals surface area contributed by atoms with Gasteiger partial charge in [0.05, 0.1) is 26.6 Å². The lowest BCUT2D eigenvalue weighted by Crippen LogP contribution is -2.32. The fraction of sp³-hybridized carbons (Fsp3) is 0.0667. The number of amides is 2. The number of hydrogen-bond acceptors (Lipinski definition) is 5. The molecule has 0 aliphatic rings. The average Bonchev–Trinajstić information content (AvgIpc) is 2.99. The van der Waals surface area contributed by atoms with Crippen LogP contribution in [0.5, 0.6) is 0 Å². The molecule has 0 bridgehead atoms. The van der Waals surface area contributed by atoms with Gasteiger partial charge in [-0.15, -0.1) is 11.3 Å². The number of anilines is 1. The van der Waals surface area contributed by atoms with E-state index in [1.165, 1.54) is 35.6 Å². The maximum Gasteiger partial charge on any atom is 0.329 e. The molecule has 0 radical (unpaired) electrons. The number of hydrazone groups is 1.